The molecule has 5 heteroatoms. The summed E-state index contributed by atoms with van der Waals surface area (Å²) in [6, 6.07) is 13.7. The number of pyridine rings is 1. The van der Waals surface area contributed by atoms with E-state index in [9.17, 15) is 9.59 Å². The minimum Gasteiger partial charge on any atom is -0.334 e. The predicted molar refractivity (Wildman–Crippen MR) is 108 cm³/mol. The molecule has 146 valence electrons. The first-order valence-electron chi connectivity index (χ1n) is 10.3. The van der Waals surface area contributed by atoms with Crippen LogP contribution in [-0.2, 0) is 13.0 Å². The lowest BCUT2D eigenvalue weighted by molar-refractivity contribution is 0.0601. The Labute approximate surface area is 166 Å². The molecule has 1 unspecified atom stereocenters. The number of fused-ring (bicyclic) bond motifs is 1. The third kappa shape index (κ3) is 3.66. The van der Waals surface area contributed by atoms with Gasteiger partial charge in [-0.05, 0) is 55.4 Å². The minimum atomic E-state index is -0.102. The number of benzene rings is 1. The molecule has 0 spiro atoms. The molecule has 1 aromatic heterocycles. The average molecular weight is 377 g/mol. The highest BCUT2D eigenvalue weighted by molar-refractivity contribution is 5.96. The summed E-state index contributed by atoms with van der Waals surface area (Å²) in [6.07, 6.45) is 5.07. The third-order valence-corrected chi connectivity index (χ3v) is 5.96. The van der Waals surface area contributed by atoms with Crippen LogP contribution in [0, 0.1) is 0 Å². The molecule has 4 rings (SSSR count). The van der Waals surface area contributed by atoms with Crippen LogP contribution in [0.2, 0.25) is 0 Å². The molecule has 0 saturated carbocycles. The largest absolute Gasteiger partial charge is 0.334 e. The smallest absolute Gasteiger partial charge is 0.272 e. The molecule has 1 fully saturated rings. The monoisotopic (exact) mass is 377 g/mol. The molecule has 0 radical (unpaired) electrons. The van der Waals surface area contributed by atoms with Gasteiger partial charge in [0.2, 0.25) is 0 Å². The van der Waals surface area contributed by atoms with Gasteiger partial charge in [-0.3, -0.25) is 9.59 Å². The van der Waals surface area contributed by atoms with E-state index >= 15 is 0 Å². The zero-order valence-corrected chi connectivity index (χ0v) is 16.4. The van der Waals surface area contributed by atoms with Crippen LogP contribution in [0.1, 0.15) is 64.7 Å². The van der Waals surface area contributed by atoms with E-state index in [1.807, 2.05) is 21.9 Å². The number of carbonyl (C=O) groups excluding carboxylic acids is 2. The molecule has 0 aliphatic carbocycles. The van der Waals surface area contributed by atoms with Crippen LogP contribution in [0.25, 0.3) is 0 Å². The van der Waals surface area contributed by atoms with Gasteiger partial charge >= 0.3 is 0 Å². The van der Waals surface area contributed by atoms with Crippen molar-refractivity contribution in [3.05, 3.63) is 65.0 Å². The lowest BCUT2D eigenvalue weighted by atomic mass is 9.99. The molecule has 1 aromatic carbocycles. The van der Waals surface area contributed by atoms with Gasteiger partial charge in [0.25, 0.3) is 11.8 Å². The lowest BCUT2D eigenvalue weighted by Gasteiger charge is -2.35. The van der Waals surface area contributed by atoms with Gasteiger partial charge in [-0.15, -0.1) is 0 Å². The normalized spacial score (nSPS) is 19.2. The first-order valence-corrected chi connectivity index (χ1v) is 10.3. The zero-order chi connectivity index (χ0) is 19.5. The van der Waals surface area contributed by atoms with Crippen molar-refractivity contribution in [3.63, 3.8) is 0 Å². The Morgan fingerprint density at radius 1 is 0.964 bits per heavy atom. The minimum absolute atomic E-state index is 0.0508. The van der Waals surface area contributed by atoms with Crippen molar-refractivity contribution in [2.45, 2.75) is 51.6 Å². The summed E-state index contributed by atoms with van der Waals surface area (Å²) in [5.74, 6) is -0.153. The van der Waals surface area contributed by atoms with Crippen molar-refractivity contribution in [2.75, 3.05) is 13.1 Å². The molecule has 0 N–H and O–H groups in total. The first kappa shape index (κ1) is 18.7. The van der Waals surface area contributed by atoms with Crippen molar-refractivity contribution in [1.82, 2.24) is 14.8 Å². The molecule has 2 amide bonds. The summed E-state index contributed by atoms with van der Waals surface area (Å²) >= 11 is 0. The summed E-state index contributed by atoms with van der Waals surface area (Å²) in [4.78, 5) is 34.3. The third-order valence-electron chi connectivity index (χ3n) is 5.96. The van der Waals surface area contributed by atoms with Crippen molar-refractivity contribution >= 4 is 11.8 Å². The molecule has 2 aliphatic heterocycles. The standard InChI is InChI=1S/C23H27N3O2/c1-2-19-10-5-6-14-26(19)23(28)21-12-7-11-20(24-21)22(27)25-15-13-17-8-3-4-9-18(17)16-25/h3-4,7-9,11-12,19H,2,5-6,10,13-16H2,1H3. The van der Waals surface area contributed by atoms with Crippen LogP contribution in [0.5, 0.6) is 0 Å². The van der Waals surface area contributed by atoms with Gasteiger partial charge < -0.3 is 9.80 Å². The van der Waals surface area contributed by atoms with Crippen LogP contribution in [0.15, 0.2) is 42.5 Å². The van der Waals surface area contributed by atoms with Gasteiger partial charge in [0, 0.05) is 25.7 Å². The second kappa shape index (κ2) is 8.13. The van der Waals surface area contributed by atoms with Gasteiger partial charge in [-0.1, -0.05) is 37.3 Å². The quantitative estimate of drug-likeness (QED) is 0.820. The van der Waals surface area contributed by atoms with E-state index in [1.165, 1.54) is 17.5 Å². The number of hydrogen-bond donors (Lipinski definition) is 0. The summed E-state index contributed by atoms with van der Waals surface area (Å²) in [5.41, 5.74) is 3.23. The number of nitrogens with zero attached hydrogens (tertiary/aromatic N) is 3. The van der Waals surface area contributed by atoms with Gasteiger partial charge in [-0.25, -0.2) is 4.98 Å². The molecule has 3 heterocycles. The van der Waals surface area contributed by atoms with Crippen LogP contribution >= 0.6 is 0 Å². The topological polar surface area (TPSA) is 53.5 Å². The number of piperidine rings is 1. The highest BCUT2D eigenvalue weighted by Gasteiger charge is 2.28. The number of likely N-dealkylation sites (tertiary alicyclic amines) is 1. The maximum absolute atomic E-state index is 13.0. The van der Waals surface area contributed by atoms with E-state index in [2.05, 4.69) is 24.0 Å². The molecule has 2 aromatic rings. The van der Waals surface area contributed by atoms with Gasteiger partial charge in [0.05, 0.1) is 0 Å². The molecule has 1 saturated heterocycles. The Hall–Kier alpha value is -2.69. The molecule has 1 atom stereocenters. The maximum atomic E-state index is 13.0. The number of aromatic nitrogens is 1. The maximum Gasteiger partial charge on any atom is 0.272 e. The SMILES string of the molecule is CCC1CCCCN1C(=O)c1cccc(C(=O)N2CCc3ccccc3C2)n1. The Balaban J connectivity index is 1.52. The van der Waals surface area contributed by atoms with Crippen LogP contribution in [0.3, 0.4) is 0 Å². The summed E-state index contributed by atoms with van der Waals surface area (Å²) in [6.45, 7) is 4.18. The molecule has 28 heavy (non-hydrogen) atoms. The van der Waals surface area contributed by atoms with Crippen molar-refractivity contribution in [1.29, 1.82) is 0 Å². The fourth-order valence-corrected chi connectivity index (χ4v) is 4.34. The molecule has 5 nitrogen and oxygen atoms in total. The Morgan fingerprint density at radius 2 is 1.71 bits per heavy atom. The van der Waals surface area contributed by atoms with Crippen molar-refractivity contribution in [3.8, 4) is 0 Å². The highest BCUT2D eigenvalue weighted by Crippen LogP contribution is 2.22. The highest BCUT2D eigenvalue weighted by atomic mass is 16.2. The number of amides is 2. The van der Waals surface area contributed by atoms with E-state index < -0.39 is 0 Å². The van der Waals surface area contributed by atoms with Crippen LogP contribution < -0.4 is 0 Å². The van der Waals surface area contributed by atoms with Gasteiger partial charge in [0.15, 0.2) is 0 Å². The van der Waals surface area contributed by atoms with Crippen LogP contribution in [-0.4, -0.2) is 45.7 Å². The van der Waals surface area contributed by atoms with E-state index in [-0.39, 0.29) is 17.9 Å². The fourth-order valence-electron chi connectivity index (χ4n) is 4.34. The first-order chi connectivity index (χ1) is 13.7. The zero-order valence-electron chi connectivity index (χ0n) is 16.4. The van der Waals surface area contributed by atoms with Crippen molar-refractivity contribution < 1.29 is 9.59 Å². The fraction of sp³-hybridized carbons (Fsp3) is 0.435. The van der Waals surface area contributed by atoms with Crippen molar-refractivity contribution in [2.24, 2.45) is 0 Å². The lowest BCUT2D eigenvalue weighted by Crippen LogP contribution is -2.44. The second-order valence-electron chi connectivity index (χ2n) is 7.71. The molecular weight excluding hydrogens is 350 g/mol. The summed E-state index contributed by atoms with van der Waals surface area (Å²) in [5, 5.41) is 0. The number of hydrogen-bond acceptors (Lipinski definition) is 3. The van der Waals surface area contributed by atoms with Gasteiger partial charge in [-0.2, -0.15) is 0 Å². The second-order valence-corrected chi connectivity index (χ2v) is 7.71. The summed E-state index contributed by atoms with van der Waals surface area (Å²) in [7, 11) is 0. The number of carbonyl (C=O) groups is 2. The predicted octanol–water partition coefficient (Wildman–Crippen LogP) is 3.68. The van der Waals surface area contributed by atoms with Crippen LogP contribution in [0.4, 0.5) is 0 Å². The Morgan fingerprint density at radius 3 is 2.50 bits per heavy atom. The Kier molecular flexibility index (Phi) is 5.42. The molecule has 2 aliphatic rings. The molecular formula is C23H27N3O2. The van der Waals surface area contributed by atoms with Gasteiger partial charge in [0.1, 0.15) is 11.4 Å². The van der Waals surface area contributed by atoms with E-state index in [4.69, 9.17) is 0 Å². The van der Waals surface area contributed by atoms with E-state index in [0.717, 1.165) is 32.2 Å². The van der Waals surface area contributed by atoms with E-state index in [0.29, 0.717) is 24.5 Å². The molecule has 0 bridgehead atoms. The Bertz CT molecular complexity index is 880. The van der Waals surface area contributed by atoms with E-state index in [1.54, 1.807) is 18.2 Å². The summed E-state index contributed by atoms with van der Waals surface area (Å²) < 4.78 is 0. The average Bonchev–Trinajstić information content (AvgIpc) is 2.77. The number of rotatable bonds is 3.